The Labute approximate surface area is 125 Å². The summed E-state index contributed by atoms with van der Waals surface area (Å²) in [5, 5.41) is 11.4. The fourth-order valence-corrected chi connectivity index (χ4v) is 2.48. The minimum Gasteiger partial charge on any atom is -0.475 e. The molecule has 0 spiro atoms. The molecule has 0 aliphatic heterocycles. The van der Waals surface area contributed by atoms with Crippen molar-refractivity contribution in [3.05, 3.63) is 39.7 Å². The number of hydrogen-bond acceptors (Lipinski definition) is 5. The van der Waals surface area contributed by atoms with Gasteiger partial charge >= 0.3 is 12.0 Å². The number of rotatable bonds is 5. The van der Waals surface area contributed by atoms with Crippen LogP contribution in [-0.2, 0) is 13.1 Å². The highest BCUT2D eigenvalue weighted by Gasteiger charge is 2.13. The van der Waals surface area contributed by atoms with Crippen LogP contribution in [0, 0.1) is 6.92 Å². The summed E-state index contributed by atoms with van der Waals surface area (Å²) in [5.41, 5.74) is 2.66. The number of thiazole rings is 1. The number of aromatic nitrogens is 1. The van der Waals surface area contributed by atoms with Crippen LogP contribution >= 0.6 is 11.3 Å². The molecule has 2 rings (SSSR count). The van der Waals surface area contributed by atoms with Gasteiger partial charge in [0.2, 0.25) is 5.76 Å². The largest absolute Gasteiger partial charge is 0.475 e. The fourth-order valence-electron chi connectivity index (χ4n) is 1.65. The third-order valence-corrected chi connectivity index (χ3v) is 3.78. The van der Waals surface area contributed by atoms with Crippen LogP contribution in [0.4, 0.5) is 4.79 Å². The Hall–Kier alpha value is -2.35. The van der Waals surface area contributed by atoms with Crippen molar-refractivity contribution in [2.45, 2.75) is 20.0 Å². The van der Waals surface area contributed by atoms with Gasteiger partial charge in [0.1, 0.15) is 5.76 Å². The highest BCUT2D eigenvalue weighted by atomic mass is 32.1. The third kappa shape index (κ3) is 3.82. The van der Waals surface area contributed by atoms with E-state index in [4.69, 9.17) is 9.52 Å². The van der Waals surface area contributed by atoms with Crippen molar-refractivity contribution in [3.63, 3.8) is 0 Å². The number of nitrogens with zero attached hydrogens (tertiary/aromatic N) is 2. The van der Waals surface area contributed by atoms with Crippen molar-refractivity contribution < 1.29 is 19.1 Å². The van der Waals surface area contributed by atoms with Gasteiger partial charge in [0.05, 0.1) is 24.3 Å². The molecule has 0 saturated carbocycles. The number of carboxylic acids is 1. The first kappa shape index (κ1) is 15.0. The maximum Gasteiger partial charge on any atom is 0.371 e. The standard InChI is InChI=1S/C13H15N3O4S/c1-8-11(21-7-15-8)6-16(2)13(19)14-5-9-3-4-10(20-9)12(17)18/h3-4,7H,5-6H2,1-2H3,(H,14,19)(H,17,18). The minimum atomic E-state index is -1.13. The number of furan rings is 1. The zero-order chi connectivity index (χ0) is 15.4. The monoisotopic (exact) mass is 309 g/mol. The number of carbonyl (C=O) groups excluding carboxylic acids is 1. The second kappa shape index (κ2) is 6.40. The van der Waals surface area contributed by atoms with E-state index in [0.717, 1.165) is 10.6 Å². The molecule has 0 saturated heterocycles. The van der Waals surface area contributed by atoms with Crippen LogP contribution in [0.2, 0.25) is 0 Å². The molecule has 0 aromatic carbocycles. The van der Waals surface area contributed by atoms with Gasteiger partial charge in [-0.05, 0) is 19.1 Å². The Balaban J connectivity index is 1.86. The summed E-state index contributed by atoms with van der Waals surface area (Å²) in [6, 6.07) is 2.61. The summed E-state index contributed by atoms with van der Waals surface area (Å²) in [4.78, 5) is 29.3. The Bertz CT molecular complexity index is 649. The van der Waals surface area contributed by atoms with Crippen LogP contribution in [0.25, 0.3) is 0 Å². The second-order valence-electron chi connectivity index (χ2n) is 4.45. The lowest BCUT2D eigenvalue weighted by molar-refractivity contribution is 0.0660. The van der Waals surface area contributed by atoms with Gasteiger partial charge in [-0.1, -0.05) is 0 Å². The van der Waals surface area contributed by atoms with E-state index >= 15 is 0 Å². The van der Waals surface area contributed by atoms with Gasteiger partial charge in [0.25, 0.3) is 0 Å². The lowest BCUT2D eigenvalue weighted by atomic mass is 10.4. The molecule has 0 radical (unpaired) electrons. The van der Waals surface area contributed by atoms with Crippen LogP contribution in [0.3, 0.4) is 0 Å². The Morgan fingerprint density at radius 2 is 2.24 bits per heavy atom. The van der Waals surface area contributed by atoms with Crippen LogP contribution < -0.4 is 5.32 Å². The molecular formula is C13H15N3O4S. The van der Waals surface area contributed by atoms with Gasteiger partial charge in [0.15, 0.2) is 0 Å². The molecular weight excluding hydrogens is 294 g/mol. The van der Waals surface area contributed by atoms with Gasteiger partial charge in [-0.25, -0.2) is 14.6 Å². The Morgan fingerprint density at radius 1 is 1.48 bits per heavy atom. The SMILES string of the molecule is Cc1ncsc1CN(C)C(=O)NCc1ccc(C(=O)O)o1. The zero-order valence-corrected chi connectivity index (χ0v) is 12.4. The number of aryl methyl sites for hydroxylation is 1. The highest BCUT2D eigenvalue weighted by Crippen LogP contribution is 2.14. The van der Waals surface area contributed by atoms with E-state index in [9.17, 15) is 9.59 Å². The summed E-state index contributed by atoms with van der Waals surface area (Å²) >= 11 is 1.50. The molecule has 0 unspecified atom stereocenters. The van der Waals surface area contributed by atoms with E-state index < -0.39 is 5.97 Å². The van der Waals surface area contributed by atoms with Gasteiger partial charge < -0.3 is 19.7 Å². The van der Waals surface area contributed by atoms with Crippen molar-refractivity contribution in [1.29, 1.82) is 0 Å². The predicted octanol–water partition coefficient (Wildman–Crippen LogP) is 2.08. The second-order valence-corrected chi connectivity index (χ2v) is 5.39. The van der Waals surface area contributed by atoms with E-state index in [1.54, 1.807) is 12.6 Å². The quantitative estimate of drug-likeness (QED) is 0.881. The van der Waals surface area contributed by atoms with Gasteiger partial charge in [-0.2, -0.15) is 0 Å². The molecule has 0 atom stereocenters. The Kier molecular flexibility index (Phi) is 4.59. The molecule has 112 valence electrons. The summed E-state index contributed by atoms with van der Waals surface area (Å²) in [6.07, 6.45) is 0. The van der Waals surface area contributed by atoms with Crippen LogP contribution in [0.5, 0.6) is 0 Å². The minimum absolute atomic E-state index is 0.137. The maximum absolute atomic E-state index is 11.9. The molecule has 0 fully saturated rings. The summed E-state index contributed by atoms with van der Waals surface area (Å²) in [6.45, 7) is 2.51. The van der Waals surface area contributed by atoms with Crippen molar-refractivity contribution >= 4 is 23.3 Å². The number of carboxylic acid groups (broad SMARTS) is 1. The average Bonchev–Trinajstić information content (AvgIpc) is 3.06. The molecule has 2 amide bonds. The number of urea groups is 1. The fraction of sp³-hybridized carbons (Fsp3) is 0.308. The molecule has 2 aromatic heterocycles. The summed E-state index contributed by atoms with van der Waals surface area (Å²) in [7, 11) is 1.68. The van der Waals surface area contributed by atoms with E-state index in [0.29, 0.717) is 12.3 Å². The van der Waals surface area contributed by atoms with E-state index in [1.165, 1.54) is 28.4 Å². The van der Waals surface area contributed by atoms with Crippen LogP contribution in [0.1, 0.15) is 26.9 Å². The van der Waals surface area contributed by atoms with Crippen molar-refractivity contribution in [1.82, 2.24) is 15.2 Å². The first-order chi connectivity index (χ1) is 9.97. The van der Waals surface area contributed by atoms with Gasteiger partial charge in [-0.15, -0.1) is 11.3 Å². The molecule has 2 N–H and O–H groups in total. The van der Waals surface area contributed by atoms with E-state index in [-0.39, 0.29) is 18.3 Å². The smallest absolute Gasteiger partial charge is 0.371 e. The molecule has 21 heavy (non-hydrogen) atoms. The first-order valence-corrected chi connectivity index (χ1v) is 7.05. The van der Waals surface area contributed by atoms with E-state index in [2.05, 4.69) is 10.3 Å². The molecule has 7 nitrogen and oxygen atoms in total. The zero-order valence-electron chi connectivity index (χ0n) is 11.6. The molecule has 0 aliphatic carbocycles. The molecule has 2 heterocycles. The van der Waals surface area contributed by atoms with Gasteiger partial charge in [-0.3, -0.25) is 0 Å². The number of amides is 2. The normalized spacial score (nSPS) is 10.4. The van der Waals surface area contributed by atoms with Crippen molar-refractivity contribution in [3.8, 4) is 0 Å². The number of hydrogen-bond donors (Lipinski definition) is 2. The first-order valence-electron chi connectivity index (χ1n) is 6.17. The van der Waals surface area contributed by atoms with Crippen molar-refractivity contribution in [2.24, 2.45) is 0 Å². The van der Waals surface area contributed by atoms with Gasteiger partial charge in [0, 0.05) is 11.9 Å². The number of nitrogens with one attached hydrogen (secondary N) is 1. The predicted molar refractivity (Wildman–Crippen MR) is 76.2 cm³/mol. The van der Waals surface area contributed by atoms with Crippen LogP contribution in [-0.4, -0.2) is 34.0 Å². The Morgan fingerprint density at radius 3 is 2.81 bits per heavy atom. The molecule has 0 bridgehead atoms. The lowest BCUT2D eigenvalue weighted by Crippen LogP contribution is -2.36. The van der Waals surface area contributed by atoms with Crippen LogP contribution in [0.15, 0.2) is 22.1 Å². The molecule has 0 aliphatic rings. The number of carbonyl (C=O) groups is 2. The van der Waals surface area contributed by atoms with E-state index in [1.807, 2.05) is 6.92 Å². The third-order valence-electron chi connectivity index (χ3n) is 2.86. The molecule has 8 heteroatoms. The molecule has 2 aromatic rings. The summed E-state index contributed by atoms with van der Waals surface area (Å²) in [5.74, 6) is -0.888. The average molecular weight is 309 g/mol. The van der Waals surface area contributed by atoms with Crippen molar-refractivity contribution in [2.75, 3.05) is 7.05 Å². The highest BCUT2D eigenvalue weighted by molar-refractivity contribution is 7.09. The topological polar surface area (TPSA) is 95.7 Å². The number of aromatic carboxylic acids is 1. The summed E-state index contributed by atoms with van der Waals surface area (Å²) < 4.78 is 5.06. The lowest BCUT2D eigenvalue weighted by Gasteiger charge is -2.16. The maximum atomic E-state index is 11.9.